The number of amidine groups is 1. The van der Waals surface area contributed by atoms with Crippen LogP contribution in [0.1, 0.15) is 25.3 Å². The van der Waals surface area contributed by atoms with Crippen LogP contribution in [0, 0.1) is 17.2 Å². The van der Waals surface area contributed by atoms with E-state index in [2.05, 4.69) is 6.92 Å². The number of anilines is 1. The molecular weight excluding hydrogens is 466 g/mol. The van der Waals surface area contributed by atoms with Crippen LogP contribution in [0.3, 0.4) is 0 Å². The molecule has 0 radical (unpaired) electrons. The standard InChI is InChI=1S/C25H33N5O4S/c1-18-15-28(25(31)30(16-18)21-6-3-5-20(13-21)24(26)27)17-19-9-11-29(12-10-19)35(32,33)23-8-4-7-22(14-23)34-2/h3-8,13-14,18-19H,9-12,15-17H2,1-2H3,(H3,26,27). The summed E-state index contributed by atoms with van der Waals surface area (Å²) in [5.41, 5.74) is 6.96. The van der Waals surface area contributed by atoms with Crippen LogP contribution in [0.4, 0.5) is 10.5 Å². The van der Waals surface area contributed by atoms with Crippen LogP contribution in [0.25, 0.3) is 0 Å². The summed E-state index contributed by atoms with van der Waals surface area (Å²) >= 11 is 0. The minimum absolute atomic E-state index is 0.0307. The fraction of sp³-hybridized carbons (Fsp3) is 0.440. The Labute approximate surface area is 207 Å². The second-order valence-electron chi connectivity index (χ2n) is 9.39. The Kier molecular flexibility index (Phi) is 7.32. The Morgan fingerprint density at radius 1 is 1.11 bits per heavy atom. The van der Waals surface area contributed by atoms with E-state index in [0.717, 1.165) is 5.69 Å². The first-order valence-corrected chi connectivity index (χ1v) is 13.3. The number of methoxy groups -OCH3 is 1. The maximum absolute atomic E-state index is 13.3. The van der Waals surface area contributed by atoms with Gasteiger partial charge in [-0.25, -0.2) is 13.2 Å². The van der Waals surface area contributed by atoms with Crippen LogP contribution >= 0.6 is 0 Å². The molecule has 2 saturated heterocycles. The molecule has 0 saturated carbocycles. The molecule has 10 heteroatoms. The number of hydrogen-bond acceptors (Lipinski definition) is 5. The monoisotopic (exact) mass is 499 g/mol. The van der Waals surface area contributed by atoms with Gasteiger partial charge in [0.05, 0.1) is 12.0 Å². The number of benzene rings is 2. The van der Waals surface area contributed by atoms with Gasteiger partial charge in [-0.3, -0.25) is 10.3 Å². The summed E-state index contributed by atoms with van der Waals surface area (Å²) in [6.07, 6.45) is 1.39. The fourth-order valence-electron chi connectivity index (χ4n) is 4.84. The molecule has 2 aromatic rings. The van der Waals surface area contributed by atoms with Crippen molar-refractivity contribution in [1.29, 1.82) is 5.41 Å². The molecule has 188 valence electrons. The third-order valence-electron chi connectivity index (χ3n) is 6.73. The van der Waals surface area contributed by atoms with E-state index in [-0.39, 0.29) is 28.6 Å². The Morgan fingerprint density at radius 3 is 2.51 bits per heavy atom. The van der Waals surface area contributed by atoms with Crippen molar-refractivity contribution in [1.82, 2.24) is 9.21 Å². The van der Waals surface area contributed by atoms with E-state index in [9.17, 15) is 13.2 Å². The van der Waals surface area contributed by atoms with Gasteiger partial charge in [0.1, 0.15) is 11.6 Å². The first-order chi connectivity index (χ1) is 16.7. The van der Waals surface area contributed by atoms with Crippen LogP contribution in [0.15, 0.2) is 53.4 Å². The first kappa shape index (κ1) is 25.0. The van der Waals surface area contributed by atoms with Gasteiger partial charge in [0.25, 0.3) is 0 Å². The van der Waals surface area contributed by atoms with Crippen LogP contribution in [0.2, 0.25) is 0 Å². The maximum atomic E-state index is 13.3. The van der Waals surface area contributed by atoms with Gasteiger partial charge in [0, 0.05) is 50.0 Å². The molecule has 0 aliphatic carbocycles. The van der Waals surface area contributed by atoms with E-state index in [1.807, 2.05) is 11.0 Å². The van der Waals surface area contributed by atoms with Gasteiger partial charge in [0.15, 0.2) is 0 Å². The number of amides is 2. The van der Waals surface area contributed by atoms with E-state index in [1.165, 1.54) is 11.4 Å². The number of carbonyl (C=O) groups excluding carboxylic acids is 1. The van der Waals surface area contributed by atoms with Crippen molar-refractivity contribution >= 4 is 27.6 Å². The highest BCUT2D eigenvalue weighted by molar-refractivity contribution is 7.89. The average molecular weight is 500 g/mol. The highest BCUT2D eigenvalue weighted by Crippen LogP contribution is 2.29. The molecule has 9 nitrogen and oxygen atoms in total. The Hall–Kier alpha value is -3.11. The lowest BCUT2D eigenvalue weighted by Gasteiger charge is -2.41. The van der Waals surface area contributed by atoms with Gasteiger partial charge < -0.3 is 15.4 Å². The molecule has 0 spiro atoms. The molecule has 0 bridgehead atoms. The average Bonchev–Trinajstić information content (AvgIpc) is 2.86. The summed E-state index contributed by atoms with van der Waals surface area (Å²) in [6, 6.07) is 13.7. The van der Waals surface area contributed by atoms with Crippen LogP contribution in [-0.4, -0.2) is 69.3 Å². The molecule has 1 unspecified atom stereocenters. The van der Waals surface area contributed by atoms with Gasteiger partial charge in [-0.05, 0) is 48.9 Å². The number of carbonyl (C=O) groups is 1. The Morgan fingerprint density at radius 2 is 1.83 bits per heavy atom. The highest BCUT2D eigenvalue weighted by Gasteiger charge is 2.35. The highest BCUT2D eigenvalue weighted by atomic mass is 32.2. The molecule has 35 heavy (non-hydrogen) atoms. The third kappa shape index (κ3) is 5.43. The molecule has 3 N–H and O–H groups in total. The number of nitrogens with zero attached hydrogens (tertiary/aromatic N) is 3. The second kappa shape index (κ2) is 10.2. The summed E-state index contributed by atoms with van der Waals surface area (Å²) in [5.74, 6) is 0.989. The van der Waals surface area contributed by atoms with Gasteiger partial charge in [-0.2, -0.15) is 4.31 Å². The van der Waals surface area contributed by atoms with Gasteiger partial charge in [0.2, 0.25) is 10.0 Å². The predicted molar refractivity (Wildman–Crippen MR) is 135 cm³/mol. The smallest absolute Gasteiger partial charge is 0.324 e. The van der Waals surface area contributed by atoms with Crippen molar-refractivity contribution in [2.24, 2.45) is 17.6 Å². The lowest BCUT2D eigenvalue weighted by molar-refractivity contribution is 0.154. The number of nitrogens with one attached hydrogen (secondary N) is 1. The summed E-state index contributed by atoms with van der Waals surface area (Å²) in [6.45, 7) is 4.83. The third-order valence-corrected chi connectivity index (χ3v) is 8.62. The number of nitrogens with two attached hydrogens (primary N) is 1. The lowest BCUT2D eigenvalue weighted by Crippen LogP contribution is -2.55. The molecule has 2 fully saturated rings. The number of hydrogen-bond donors (Lipinski definition) is 2. The Balaban J connectivity index is 1.40. The quantitative estimate of drug-likeness (QED) is 0.448. The number of sulfonamides is 1. The van der Waals surface area contributed by atoms with Crippen LogP contribution in [-0.2, 0) is 10.0 Å². The Bertz CT molecular complexity index is 1190. The summed E-state index contributed by atoms with van der Waals surface area (Å²) in [5, 5.41) is 7.69. The van der Waals surface area contributed by atoms with Crippen molar-refractivity contribution in [3.05, 3.63) is 54.1 Å². The van der Waals surface area contributed by atoms with Crippen molar-refractivity contribution in [2.75, 3.05) is 44.7 Å². The zero-order valence-electron chi connectivity index (χ0n) is 20.2. The molecule has 2 aliphatic heterocycles. The van der Waals surface area contributed by atoms with E-state index in [4.69, 9.17) is 15.9 Å². The number of nitrogen functional groups attached to an aromatic ring is 1. The van der Waals surface area contributed by atoms with Gasteiger partial charge >= 0.3 is 6.03 Å². The molecular formula is C25H33N5O4S. The van der Waals surface area contributed by atoms with Gasteiger partial charge in [-0.1, -0.05) is 25.1 Å². The zero-order chi connectivity index (χ0) is 25.2. The molecule has 2 aliphatic rings. The fourth-order valence-corrected chi connectivity index (χ4v) is 6.34. The minimum atomic E-state index is -3.59. The van der Waals surface area contributed by atoms with Crippen molar-refractivity contribution < 1.29 is 17.9 Å². The summed E-state index contributed by atoms with van der Waals surface area (Å²) in [7, 11) is -2.07. The molecule has 2 amide bonds. The van der Waals surface area contributed by atoms with E-state index < -0.39 is 10.0 Å². The lowest BCUT2D eigenvalue weighted by atomic mass is 9.96. The summed E-state index contributed by atoms with van der Waals surface area (Å²) < 4.78 is 32.9. The minimum Gasteiger partial charge on any atom is -0.497 e. The zero-order valence-corrected chi connectivity index (χ0v) is 21.0. The molecule has 4 rings (SSSR count). The maximum Gasteiger partial charge on any atom is 0.324 e. The van der Waals surface area contributed by atoms with E-state index >= 15 is 0 Å². The first-order valence-electron chi connectivity index (χ1n) is 11.8. The second-order valence-corrected chi connectivity index (χ2v) is 11.3. The topological polar surface area (TPSA) is 120 Å². The SMILES string of the molecule is COc1cccc(S(=O)(=O)N2CCC(CN3CC(C)CN(c4cccc(C(=N)N)c4)C3=O)CC2)c1. The van der Waals surface area contributed by atoms with Crippen LogP contribution in [0.5, 0.6) is 5.75 Å². The predicted octanol–water partition coefficient (Wildman–Crippen LogP) is 2.96. The van der Waals surface area contributed by atoms with Crippen molar-refractivity contribution in [2.45, 2.75) is 24.7 Å². The molecule has 1 atom stereocenters. The molecule has 2 heterocycles. The summed E-state index contributed by atoms with van der Waals surface area (Å²) in [4.78, 5) is 17.2. The number of urea groups is 1. The van der Waals surface area contributed by atoms with Gasteiger partial charge in [-0.15, -0.1) is 0 Å². The normalized spacial score (nSPS) is 20.2. The number of ether oxygens (including phenoxy) is 1. The molecule has 0 aromatic heterocycles. The molecule has 2 aromatic carbocycles. The number of piperidine rings is 1. The van der Waals surface area contributed by atoms with Crippen molar-refractivity contribution in [3.8, 4) is 5.75 Å². The van der Waals surface area contributed by atoms with E-state index in [0.29, 0.717) is 56.9 Å². The largest absolute Gasteiger partial charge is 0.497 e. The number of rotatable bonds is 7. The van der Waals surface area contributed by atoms with E-state index in [1.54, 1.807) is 47.4 Å². The van der Waals surface area contributed by atoms with Crippen molar-refractivity contribution in [3.63, 3.8) is 0 Å². The van der Waals surface area contributed by atoms with Crippen LogP contribution < -0.4 is 15.4 Å².